The van der Waals surface area contributed by atoms with Gasteiger partial charge in [0.1, 0.15) is 29.6 Å². The van der Waals surface area contributed by atoms with Crippen molar-refractivity contribution in [1.29, 1.82) is 5.26 Å². The number of halogens is 1. The lowest BCUT2D eigenvalue weighted by Crippen LogP contribution is -2.56. The molecule has 2 aromatic carbocycles. The number of nitrogens with one attached hydrogen (secondary N) is 1. The van der Waals surface area contributed by atoms with Crippen molar-refractivity contribution in [3.63, 3.8) is 0 Å². The third-order valence-electron chi connectivity index (χ3n) is 6.49. The van der Waals surface area contributed by atoms with Gasteiger partial charge in [0.15, 0.2) is 0 Å². The van der Waals surface area contributed by atoms with E-state index >= 15 is 0 Å². The van der Waals surface area contributed by atoms with Crippen LogP contribution >= 0.6 is 0 Å². The molecule has 2 aliphatic heterocycles. The molecule has 0 amide bonds. The second kappa shape index (κ2) is 7.57. The molecule has 0 spiro atoms. The van der Waals surface area contributed by atoms with E-state index in [1.54, 1.807) is 12.1 Å². The molecule has 33 heavy (non-hydrogen) atoms. The Morgan fingerprint density at radius 2 is 2.09 bits per heavy atom. The summed E-state index contributed by atoms with van der Waals surface area (Å²) < 4.78 is 20.6. The lowest BCUT2D eigenvalue weighted by atomic mass is 9.98. The highest BCUT2D eigenvalue weighted by Gasteiger charge is 2.32. The van der Waals surface area contributed by atoms with Gasteiger partial charge in [-0.05, 0) is 43.4 Å². The van der Waals surface area contributed by atoms with Crippen LogP contribution in [0.25, 0.3) is 33.4 Å². The van der Waals surface area contributed by atoms with E-state index in [2.05, 4.69) is 44.2 Å². The number of hydrogen-bond acceptors (Lipinski definition) is 6. The zero-order valence-corrected chi connectivity index (χ0v) is 18.0. The number of fused-ring (bicyclic) bond motifs is 4. The topological polar surface area (TPSA) is 81.1 Å². The van der Waals surface area contributed by atoms with E-state index in [0.29, 0.717) is 29.3 Å². The van der Waals surface area contributed by atoms with Gasteiger partial charge in [0, 0.05) is 42.3 Å². The molecule has 0 saturated carbocycles. The molecule has 6 rings (SSSR count). The number of benzene rings is 2. The Morgan fingerprint density at radius 3 is 2.94 bits per heavy atom. The van der Waals surface area contributed by atoms with Crippen LogP contribution in [0, 0.1) is 17.1 Å². The Labute approximate surface area is 190 Å². The number of piperazine rings is 1. The van der Waals surface area contributed by atoms with Gasteiger partial charge < -0.3 is 14.5 Å². The van der Waals surface area contributed by atoms with Crippen LogP contribution < -0.4 is 9.64 Å². The maximum atomic E-state index is 14.5. The fourth-order valence-electron chi connectivity index (χ4n) is 4.83. The number of nitrogens with zero attached hydrogens (tertiary/aromatic N) is 5. The highest BCUT2D eigenvalue weighted by Crippen LogP contribution is 2.40. The molecular formula is C25H21FN6O. The Bertz CT molecular complexity index is 1420. The smallest absolute Gasteiger partial charge is 0.149 e. The molecular weight excluding hydrogens is 419 g/mol. The van der Waals surface area contributed by atoms with Gasteiger partial charge in [0.05, 0.1) is 28.9 Å². The number of rotatable bonds is 2. The summed E-state index contributed by atoms with van der Waals surface area (Å²) in [5.41, 5.74) is 4.36. The van der Waals surface area contributed by atoms with E-state index in [0.717, 1.165) is 47.7 Å². The SMILES string of the molecule is CN1CCN2c3ccc(-c4n[nH]c5cc(C#N)c(-c6ncccc6F)cc45)cc3OCC2C1. The third kappa shape index (κ3) is 3.20. The van der Waals surface area contributed by atoms with E-state index in [1.165, 1.54) is 18.3 Å². The van der Waals surface area contributed by atoms with Crippen LogP contribution in [0.4, 0.5) is 10.1 Å². The van der Waals surface area contributed by atoms with Gasteiger partial charge in [-0.15, -0.1) is 0 Å². The van der Waals surface area contributed by atoms with E-state index in [4.69, 9.17) is 4.74 Å². The van der Waals surface area contributed by atoms with Crippen LogP contribution in [0.5, 0.6) is 5.75 Å². The van der Waals surface area contributed by atoms with Crippen LogP contribution in [0.2, 0.25) is 0 Å². The van der Waals surface area contributed by atoms with Crippen LogP contribution in [0.15, 0.2) is 48.7 Å². The van der Waals surface area contributed by atoms with Crippen molar-refractivity contribution in [1.82, 2.24) is 20.1 Å². The lowest BCUT2D eigenvalue weighted by Gasteiger charge is -2.44. The Balaban J connectivity index is 1.45. The number of pyridine rings is 1. The van der Waals surface area contributed by atoms with Crippen molar-refractivity contribution >= 4 is 16.6 Å². The quantitative estimate of drug-likeness (QED) is 0.511. The molecule has 4 heterocycles. The highest BCUT2D eigenvalue weighted by atomic mass is 19.1. The molecule has 7 nitrogen and oxygen atoms in total. The van der Waals surface area contributed by atoms with Crippen LogP contribution in [-0.2, 0) is 0 Å². The first kappa shape index (κ1) is 19.7. The molecule has 1 fully saturated rings. The molecule has 0 radical (unpaired) electrons. The zero-order chi connectivity index (χ0) is 22.5. The van der Waals surface area contributed by atoms with Crippen molar-refractivity contribution in [2.24, 2.45) is 0 Å². The normalized spacial score (nSPS) is 17.8. The minimum atomic E-state index is -0.470. The zero-order valence-electron chi connectivity index (χ0n) is 18.0. The highest BCUT2D eigenvalue weighted by molar-refractivity contribution is 5.97. The Morgan fingerprint density at radius 1 is 1.18 bits per heavy atom. The number of anilines is 1. The molecule has 0 aliphatic carbocycles. The molecule has 2 aliphatic rings. The largest absolute Gasteiger partial charge is 0.489 e. The maximum absolute atomic E-state index is 14.5. The number of H-pyrrole nitrogens is 1. The van der Waals surface area contributed by atoms with Crippen molar-refractivity contribution in [2.45, 2.75) is 6.04 Å². The van der Waals surface area contributed by atoms with Crippen molar-refractivity contribution in [3.8, 4) is 34.3 Å². The lowest BCUT2D eigenvalue weighted by molar-refractivity contribution is 0.188. The third-order valence-corrected chi connectivity index (χ3v) is 6.49. The predicted octanol–water partition coefficient (Wildman–Crippen LogP) is 3.82. The van der Waals surface area contributed by atoms with Crippen molar-refractivity contribution < 1.29 is 9.13 Å². The second-order valence-electron chi connectivity index (χ2n) is 8.56. The predicted molar refractivity (Wildman–Crippen MR) is 124 cm³/mol. The second-order valence-corrected chi connectivity index (χ2v) is 8.56. The van der Waals surface area contributed by atoms with Gasteiger partial charge in [-0.25, -0.2) is 4.39 Å². The fraction of sp³-hybridized carbons (Fsp3) is 0.240. The molecule has 4 aromatic rings. The number of ether oxygens (including phenoxy) is 1. The summed E-state index contributed by atoms with van der Waals surface area (Å²) in [6.07, 6.45) is 1.52. The first-order chi connectivity index (χ1) is 16.1. The van der Waals surface area contributed by atoms with Crippen molar-refractivity contribution in [2.75, 3.05) is 38.2 Å². The van der Waals surface area contributed by atoms with E-state index in [1.807, 2.05) is 12.1 Å². The van der Waals surface area contributed by atoms with Crippen LogP contribution in [-0.4, -0.2) is 59.4 Å². The molecule has 1 atom stereocenters. The average Bonchev–Trinajstić information content (AvgIpc) is 3.25. The summed E-state index contributed by atoms with van der Waals surface area (Å²) >= 11 is 0. The molecule has 1 saturated heterocycles. The number of likely N-dealkylation sites (N-methyl/N-ethyl adjacent to an activating group) is 1. The summed E-state index contributed by atoms with van der Waals surface area (Å²) in [5.74, 6) is 0.372. The number of aromatic amines is 1. The maximum Gasteiger partial charge on any atom is 0.149 e. The van der Waals surface area contributed by atoms with Crippen molar-refractivity contribution in [3.05, 3.63) is 60.0 Å². The van der Waals surface area contributed by atoms with Gasteiger partial charge in [0.2, 0.25) is 0 Å². The van der Waals surface area contributed by atoms with Gasteiger partial charge in [-0.1, -0.05) is 6.07 Å². The Hall–Kier alpha value is -3.96. The van der Waals surface area contributed by atoms with Crippen LogP contribution in [0.3, 0.4) is 0 Å². The Kier molecular flexibility index (Phi) is 4.52. The summed E-state index contributed by atoms with van der Waals surface area (Å²) in [6.45, 7) is 3.63. The first-order valence-electron chi connectivity index (χ1n) is 10.9. The number of nitriles is 1. The average molecular weight is 440 g/mol. The number of aromatic nitrogens is 3. The molecule has 8 heteroatoms. The molecule has 1 unspecified atom stereocenters. The summed E-state index contributed by atoms with van der Waals surface area (Å²) in [7, 11) is 2.14. The van der Waals surface area contributed by atoms with Gasteiger partial charge >= 0.3 is 0 Å². The standard InChI is InChI=1S/C25H21FN6O/c1-31-7-8-32-17(13-31)14-33-23-10-15(4-5-22(23)32)24-19-11-18(25-20(26)3-2-6-28-25)16(12-27)9-21(19)29-30-24/h2-6,9-11,17H,7-8,13-14H2,1H3,(H,29,30). The van der Waals surface area contributed by atoms with Gasteiger partial charge in [0.25, 0.3) is 0 Å². The molecule has 0 bridgehead atoms. The summed E-state index contributed by atoms with van der Waals surface area (Å²) in [5, 5.41) is 18.0. The summed E-state index contributed by atoms with van der Waals surface area (Å²) in [4.78, 5) is 8.92. The van der Waals surface area contributed by atoms with E-state index < -0.39 is 5.82 Å². The minimum Gasteiger partial charge on any atom is -0.489 e. The molecule has 164 valence electrons. The van der Waals surface area contributed by atoms with E-state index in [-0.39, 0.29) is 5.69 Å². The first-order valence-corrected chi connectivity index (χ1v) is 10.9. The van der Waals surface area contributed by atoms with Gasteiger partial charge in [-0.3, -0.25) is 10.1 Å². The fourth-order valence-corrected chi connectivity index (χ4v) is 4.83. The molecule has 2 aromatic heterocycles. The van der Waals surface area contributed by atoms with Gasteiger partial charge in [-0.2, -0.15) is 10.4 Å². The number of hydrogen-bond donors (Lipinski definition) is 1. The molecule has 1 N–H and O–H groups in total. The minimum absolute atomic E-state index is 0.151. The van der Waals surface area contributed by atoms with E-state index in [9.17, 15) is 9.65 Å². The monoisotopic (exact) mass is 440 g/mol. The summed E-state index contributed by atoms with van der Waals surface area (Å²) in [6, 6.07) is 15.0. The van der Waals surface area contributed by atoms with Crippen LogP contribution in [0.1, 0.15) is 5.56 Å².